The van der Waals surface area contributed by atoms with Gasteiger partial charge in [-0.05, 0) is 12.8 Å². The van der Waals surface area contributed by atoms with Crippen molar-refractivity contribution in [2.45, 2.75) is 38.5 Å². The standard InChI is InChI=1S/C8H14O4.Li.H/c9-7(10)5-3-1-2-4-6-8(11)12;;/h1-6H2,(H,9,10)(H,11,12);;/q;+1;-1. The molecule has 0 unspecified atom stereocenters. The molecule has 0 aliphatic rings. The molecule has 0 rings (SSSR count). The van der Waals surface area contributed by atoms with Crippen molar-refractivity contribution in [3.8, 4) is 0 Å². The molecule has 0 heterocycles. The SMILES string of the molecule is O=C(O)CCCCCCC(=O)O.[H-].[Li+]. The van der Waals surface area contributed by atoms with E-state index in [0.29, 0.717) is 12.8 Å². The quantitative estimate of drug-likeness (QED) is 0.375. The molecule has 0 aliphatic heterocycles. The number of unbranched alkanes of at least 4 members (excludes halogenated alkanes) is 3. The Labute approximate surface area is 91.0 Å². The van der Waals surface area contributed by atoms with Crippen molar-refractivity contribution in [2.24, 2.45) is 0 Å². The Morgan fingerprint density at radius 3 is 1.38 bits per heavy atom. The van der Waals surface area contributed by atoms with E-state index in [9.17, 15) is 9.59 Å². The normalized spacial score (nSPS) is 8.92. The Hall–Kier alpha value is -0.463. The van der Waals surface area contributed by atoms with Gasteiger partial charge < -0.3 is 11.6 Å². The molecule has 0 saturated carbocycles. The summed E-state index contributed by atoms with van der Waals surface area (Å²) in [4.78, 5) is 20.1. The van der Waals surface area contributed by atoms with Crippen LogP contribution in [0, 0.1) is 0 Å². The van der Waals surface area contributed by atoms with E-state index in [-0.39, 0.29) is 33.1 Å². The smallest absolute Gasteiger partial charge is 1.00 e. The molecule has 4 nitrogen and oxygen atoms in total. The van der Waals surface area contributed by atoms with Gasteiger partial charge in [0.05, 0.1) is 0 Å². The third-order valence-corrected chi connectivity index (χ3v) is 1.53. The number of carboxylic acid groups (broad SMARTS) is 2. The fourth-order valence-corrected chi connectivity index (χ4v) is 0.906. The van der Waals surface area contributed by atoms with Crippen LogP contribution in [0.5, 0.6) is 0 Å². The largest absolute Gasteiger partial charge is 1.00 e. The molecule has 0 atom stereocenters. The van der Waals surface area contributed by atoms with Crippen LogP contribution in [-0.4, -0.2) is 22.2 Å². The van der Waals surface area contributed by atoms with Crippen molar-refractivity contribution in [1.82, 2.24) is 0 Å². The zero-order valence-electron chi connectivity index (χ0n) is 8.95. The Kier molecular flexibility index (Phi) is 11.1. The van der Waals surface area contributed by atoms with Gasteiger partial charge in [0.1, 0.15) is 0 Å². The van der Waals surface area contributed by atoms with Gasteiger partial charge in [0.25, 0.3) is 0 Å². The summed E-state index contributed by atoms with van der Waals surface area (Å²) in [5.74, 6) is -1.57. The van der Waals surface area contributed by atoms with Gasteiger partial charge in [0, 0.05) is 12.8 Å². The Balaban J connectivity index is -0.000000605. The number of carbonyl (C=O) groups is 2. The van der Waals surface area contributed by atoms with Gasteiger partial charge in [-0.2, -0.15) is 0 Å². The summed E-state index contributed by atoms with van der Waals surface area (Å²) in [5, 5.41) is 16.5. The van der Waals surface area contributed by atoms with E-state index in [1.807, 2.05) is 0 Å². The summed E-state index contributed by atoms with van der Waals surface area (Å²) >= 11 is 0. The summed E-state index contributed by atoms with van der Waals surface area (Å²) in [6, 6.07) is 0. The van der Waals surface area contributed by atoms with Gasteiger partial charge in [0.15, 0.2) is 0 Å². The molecule has 0 radical (unpaired) electrons. The Morgan fingerprint density at radius 1 is 0.846 bits per heavy atom. The molecule has 0 amide bonds. The van der Waals surface area contributed by atoms with Crippen molar-refractivity contribution in [3.63, 3.8) is 0 Å². The Morgan fingerprint density at radius 2 is 1.15 bits per heavy atom. The number of rotatable bonds is 7. The van der Waals surface area contributed by atoms with Crippen molar-refractivity contribution >= 4 is 11.9 Å². The average Bonchev–Trinajstić information content (AvgIpc) is 1.95. The van der Waals surface area contributed by atoms with E-state index in [1.165, 1.54) is 0 Å². The molecule has 72 valence electrons. The molecule has 2 N–H and O–H groups in total. The molecular weight excluding hydrogens is 167 g/mol. The zero-order valence-corrected chi connectivity index (χ0v) is 7.95. The van der Waals surface area contributed by atoms with Gasteiger partial charge in [-0.3, -0.25) is 9.59 Å². The molecule has 5 heteroatoms. The summed E-state index contributed by atoms with van der Waals surface area (Å²) in [7, 11) is 0. The predicted octanol–water partition coefficient (Wildman–Crippen LogP) is -1.39. The first-order chi connectivity index (χ1) is 5.63. The third kappa shape index (κ3) is 14.4. The summed E-state index contributed by atoms with van der Waals surface area (Å²) in [6.45, 7) is 0. The average molecular weight is 182 g/mol. The van der Waals surface area contributed by atoms with Gasteiger partial charge in [-0.15, -0.1) is 0 Å². The first kappa shape index (κ1) is 15.0. The van der Waals surface area contributed by atoms with Crippen LogP contribution < -0.4 is 18.9 Å². The van der Waals surface area contributed by atoms with Crippen molar-refractivity contribution in [1.29, 1.82) is 0 Å². The van der Waals surface area contributed by atoms with Gasteiger partial charge in [-0.1, -0.05) is 12.8 Å². The number of carboxylic acids is 2. The summed E-state index contributed by atoms with van der Waals surface area (Å²) in [5.41, 5.74) is 0. The van der Waals surface area contributed by atoms with E-state index in [2.05, 4.69) is 0 Å². The molecular formula is C8H15LiO4. The second-order valence-electron chi connectivity index (χ2n) is 2.70. The van der Waals surface area contributed by atoms with Crippen LogP contribution >= 0.6 is 0 Å². The molecule has 0 aromatic heterocycles. The van der Waals surface area contributed by atoms with Crippen LogP contribution in [0.2, 0.25) is 0 Å². The van der Waals surface area contributed by atoms with Crippen molar-refractivity contribution < 1.29 is 40.1 Å². The minimum atomic E-state index is -0.784. The van der Waals surface area contributed by atoms with E-state index < -0.39 is 11.9 Å². The topological polar surface area (TPSA) is 74.6 Å². The van der Waals surface area contributed by atoms with Crippen LogP contribution in [0.25, 0.3) is 0 Å². The molecule has 0 aromatic rings. The van der Waals surface area contributed by atoms with Crippen LogP contribution in [0.3, 0.4) is 0 Å². The second-order valence-corrected chi connectivity index (χ2v) is 2.70. The first-order valence-electron chi connectivity index (χ1n) is 4.06. The molecule has 0 spiro atoms. The van der Waals surface area contributed by atoms with E-state index in [0.717, 1.165) is 12.8 Å². The van der Waals surface area contributed by atoms with Crippen LogP contribution in [0.1, 0.15) is 40.0 Å². The second kappa shape index (κ2) is 9.62. The molecule has 13 heavy (non-hydrogen) atoms. The summed E-state index contributed by atoms with van der Waals surface area (Å²) in [6.07, 6.45) is 3.28. The maximum Gasteiger partial charge on any atom is 1.00 e. The monoisotopic (exact) mass is 182 g/mol. The first-order valence-corrected chi connectivity index (χ1v) is 4.06. The third-order valence-electron chi connectivity index (χ3n) is 1.53. The predicted molar refractivity (Wildman–Crippen MR) is 44.1 cm³/mol. The fraction of sp³-hybridized carbons (Fsp3) is 0.750. The zero-order chi connectivity index (χ0) is 9.40. The van der Waals surface area contributed by atoms with E-state index in [4.69, 9.17) is 10.2 Å². The fourth-order valence-electron chi connectivity index (χ4n) is 0.906. The summed E-state index contributed by atoms with van der Waals surface area (Å²) < 4.78 is 0. The molecule has 0 fully saturated rings. The van der Waals surface area contributed by atoms with Gasteiger partial charge in [-0.25, -0.2) is 0 Å². The number of hydrogen-bond donors (Lipinski definition) is 2. The van der Waals surface area contributed by atoms with Crippen molar-refractivity contribution in [3.05, 3.63) is 0 Å². The van der Waals surface area contributed by atoms with Crippen LogP contribution in [-0.2, 0) is 9.59 Å². The van der Waals surface area contributed by atoms with Crippen molar-refractivity contribution in [2.75, 3.05) is 0 Å². The Bertz CT molecular complexity index is 145. The number of hydrogen-bond acceptors (Lipinski definition) is 2. The maximum absolute atomic E-state index is 10.0. The van der Waals surface area contributed by atoms with E-state index in [1.54, 1.807) is 0 Å². The molecule has 0 saturated heterocycles. The minimum Gasteiger partial charge on any atom is -1.00 e. The van der Waals surface area contributed by atoms with Crippen LogP contribution in [0.15, 0.2) is 0 Å². The van der Waals surface area contributed by atoms with Crippen LogP contribution in [0.4, 0.5) is 0 Å². The minimum absolute atomic E-state index is 0. The number of aliphatic carboxylic acids is 2. The maximum atomic E-state index is 10.0. The van der Waals surface area contributed by atoms with E-state index >= 15 is 0 Å². The molecule has 0 bridgehead atoms. The molecule has 0 aliphatic carbocycles. The van der Waals surface area contributed by atoms with Gasteiger partial charge in [0.2, 0.25) is 0 Å². The molecule has 0 aromatic carbocycles. The van der Waals surface area contributed by atoms with Gasteiger partial charge >= 0.3 is 30.8 Å².